The van der Waals surface area contributed by atoms with Gasteiger partial charge in [0, 0.05) is 6.61 Å². The maximum absolute atomic E-state index is 11.2. The first-order valence-electron chi connectivity index (χ1n) is 3.69. The van der Waals surface area contributed by atoms with E-state index >= 15 is 0 Å². The summed E-state index contributed by atoms with van der Waals surface area (Å²) in [4.78, 5) is 15.7. The molecule has 1 aliphatic rings. The van der Waals surface area contributed by atoms with Gasteiger partial charge in [-0.3, -0.25) is 9.63 Å². The van der Waals surface area contributed by atoms with E-state index in [1.165, 1.54) is 7.11 Å². The number of aliphatic hydroxyl groups is 1. The third kappa shape index (κ3) is 1.70. The fourth-order valence-corrected chi connectivity index (χ4v) is 1.16. The number of hydroxylamine groups is 1. The van der Waals surface area contributed by atoms with E-state index in [0.717, 1.165) is 12.8 Å². The minimum absolute atomic E-state index is 0.0666. The maximum Gasteiger partial charge on any atom is 0.249 e. The van der Waals surface area contributed by atoms with Gasteiger partial charge in [-0.25, -0.2) is 5.48 Å². The molecule has 1 saturated carbocycles. The lowest BCUT2D eigenvalue weighted by Crippen LogP contribution is -2.31. The molecule has 0 unspecified atom stereocenters. The Morgan fingerprint density at radius 1 is 1.73 bits per heavy atom. The largest absolute Gasteiger partial charge is 0.396 e. The SMILES string of the molecule is CONC(=O)C1(CCO)CC1. The number of carbonyl (C=O) groups is 1. The highest BCUT2D eigenvalue weighted by molar-refractivity contribution is 5.84. The van der Waals surface area contributed by atoms with Crippen molar-refractivity contribution in [3.8, 4) is 0 Å². The van der Waals surface area contributed by atoms with E-state index in [1.807, 2.05) is 0 Å². The number of nitrogens with one attached hydrogen (secondary N) is 1. The van der Waals surface area contributed by atoms with Crippen LogP contribution in [0.2, 0.25) is 0 Å². The zero-order chi connectivity index (χ0) is 8.32. The van der Waals surface area contributed by atoms with Crippen LogP contribution in [0.1, 0.15) is 19.3 Å². The van der Waals surface area contributed by atoms with E-state index in [4.69, 9.17) is 5.11 Å². The van der Waals surface area contributed by atoms with Crippen molar-refractivity contribution in [3.05, 3.63) is 0 Å². The Kier molecular flexibility index (Phi) is 2.46. The number of hydrogen-bond donors (Lipinski definition) is 2. The van der Waals surface area contributed by atoms with Crippen LogP contribution in [-0.2, 0) is 9.63 Å². The average molecular weight is 159 g/mol. The van der Waals surface area contributed by atoms with Gasteiger partial charge < -0.3 is 5.11 Å². The molecule has 0 aromatic heterocycles. The lowest BCUT2D eigenvalue weighted by molar-refractivity contribution is -0.137. The van der Waals surface area contributed by atoms with Crippen molar-refractivity contribution in [2.75, 3.05) is 13.7 Å². The number of aliphatic hydroxyl groups excluding tert-OH is 1. The van der Waals surface area contributed by atoms with Crippen molar-refractivity contribution in [2.45, 2.75) is 19.3 Å². The molecule has 4 heteroatoms. The van der Waals surface area contributed by atoms with Crippen molar-refractivity contribution >= 4 is 5.91 Å². The summed E-state index contributed by atoms with van der Waals surface area (Å²) < 4.78 is 0. The molecule has 1 amide bonds. The molecular weight excluding hydrogens is 146 g/mol. The molecule has 1 fully saturated rings. The van der Waals surface area contributed by atoms with Crippen LogP contribution in [0.15, 0.2) is 0 Å². The van der Waals surface area contributed by atoms with Gasteiger partial charge in [0.1, 0.15) is 0 Å². The van der Waals surface area contributed by atoms with Crippen LogP contribution in [0.4, 0.5) is 0 Å². The lowest BCUT2D eigenvalue weighted by atomic mass is 10.0. The minimum atomic E-state index is -0.315. The molecule has 2 N–H and O–H groups in total. The Hall–Kier alpha value is -0.610. The summed E-state index contributed by atoms with van der Waals surface area (Å²) in [6.45, 7) is 0.0666. The van der Waals surface area contributed by atoms with Crippen LogP contribution in [0.3, 0.4) is 0 Å². The van der Waals surface area contributed by atoms with Gasteiger partial charge in [0.05, 0.1) is 12.5 Å². The molecule has 0 saturated heterocycles. The summed E-state index contributed by atoms with van der Waals surface area (Å²) >= 11 is 0. The van der Waals surface area contributed by atoms with E-state index in [0.29, 0.717) is 6.42 Å². The van der Waals surface area contributed by atoms with Gasteiger partial charge in [0.25, 0.3) is 0 Å². The smallest absolute Gasteiger partial charge is 0.249 e. The number of carbonyl (C=O) groups excluding carboxylic acids is 1. The van der Waals surface area contributed by atoms with Crippen molar-refractivity contribution in [3.63, 3.8) is 0 Å². The fraction of sp³-hybridized carbons (Fsp3) is 0.857. The van der Waals surface area contributed by atoms with Crippen LogP contribution < -0.4 is 5.48 Å². The van der Waals surface area contributed by atoms with Gasteiger partial charge in [0.15, 0.2) is 0 Å². The van der Waals surface area contributed by atoms with Gasteiger partial charge >= 0.3 is 0 Å². The molecule has 64 valence electrons. The van der Waals surface area contributed by atoms with Gasteiger partial charge in [-0.2, -0.15) is 0 Å². The zero-order valence-corrected chi connectivity index (χ0v) is 6.59. The quantitative estimate of drug-likeness (QED) is 0.560. The standard InChI is InChI=1S/C7H13NO3/c1-11-8-6(10)7(2-3-7)4-5-9/h9H,2-5H2,1H3,(H,8,10). The summed E-state index contributed by atoms with van der Waals surface area (Å²) in [5.41, 5.74) is 1.97. The molecule has 0 radical (unpaired) electrons. The van der Waals surface area contributed by atoms with E-state index in [2.05, 4.69) is 10.3 Å². The Bertz CT molecular complexity index is 154. The molecule has 0 bridgehead atoms. The molecule has 1 rings (SSSR count). The minimum Gasteiger partial charge on any atom is -0.396 e. The van der Waals surface area contributed by atoms with Crippen molar-refractivity contribution in [2.24, 2.45) is 5.41 Å². The van der Waals surface area contributed by atoms with Crippen LogP contribution >= 0.6 is 0 Å². The molecule has 0 heterocycles. The van der Waals surface area contributed by atoms with Gasteiger partial charge in [-0.15, -0.1) is 0 Å². The Balaban J connectivity index is 2.38. The van der Waals surface area contributed by atoms with Crippen LogP contribution in [0, 0.1) is 5.41 Å². The molecule has 0 spiro atoms. The van der Waals surface area contributed by atoms with Gasteiger partial charge in [0.2, 0.25) is 5.91 Å². The van der Waals surface area contributed by atoms with Gasteiger partial charge in [-0.05, 0) is 19.3 Å². The third-order valence-corrected chi connectivity index (χ3v) is 2.12. The molecule has 0 aromatic carbocycles. The lowest BCUT2D eigenvalue weighted by Gasteiger charge is -2.11. The second kappa shape index (κ2) is 3.19. The third-order valence-electron chi connectivity index (χ3n) is 2.12. The Morgan fingerprint density at radius 3 is 2.73 bits per heavy atom. The molecule has 0 atom stereocenters. The average Bonchev–Trinajstić information content (AvgIpc) is 2.71. The molecule has 4 nitrogen and oxygen atoms in total. The Morgan fingerprint density at radius 2 is 2.36 bits per heavy atom. The van der Waals surface area contributed by atoms with Crippen molar-refractivity contribution < 1.29 is 14.7 Å². The van der Waals surface area contributed by atoms with Gasteiger partial charge in [-0.1, -0.05) is 0 Å². The molecule has 0 aliphatic heterocycles. The summed E-state index contributed by atoms with van der Waals surface area (Å²) in [6, 6.07) is 0. The molecule has 1 aliphatic carbocycles. The number of amides is 1. The fourth-order valence-electron chi connectivity index (χ4n) is 1.16. The monoisotopic (exact) mass is 159 g/mol. The molecule has 0 aromatic rings. The first kappa shape index (κ1) is 8.49. The highest BCUT2D eigenvalue weighted by Crippen LogP contribution is 2.48. The number of rotatable bonds is 4. The highest BCUT2D eigenvalue weighted by Gasteiger charge is 2.49. The second-order valence-corrected chi connectivity index (χ2v) is 2.89. The van der Waals surface area contributed by atoms with E-state index in [-0.39, 0.29) is 17.9 Å². The highest BCUT2D eigenvalue weighted by atomic mass is 16.6. The zero-order valence-electron chi connectivity index (χ0n) is 6.59. The van der Waals surface area contributed by atoms with E-state index < -0.39 is 0 Å². The second-order valence-electron chi connectivity index (χ2n) is 2.89. The predicted molar refractivity (Wildman–Crippen MR) is 38.5 cm³/mol. The Labute approximate surface area is 65.5 Å². The summed E-state index contributed by atoms with van der Waals surface area (Å²) in [5, 5.41) is 8.64. The van der Waals surface area contributed by atoms with Crippen LogP contribution in [0.25, 0.3) is 0 Å². The van der Waals surface area contributed by atoms with E-state index in [1.54, 1.807) is 0 Å². The predicted octanol–water partition coefficient (Wildman–Crippen LogP) is -0.173. The van der Waals surface area contributed by atoms with Crippen LogP contribution in [0.5, 0.6) is 0 Å². The molecule has 11 heavy (non-hydrogen) atoms. The first-order valence-corrected chi connectivity index (χ1v) is 3.69. The normalized spacial score (nSPS) is 19.5. The topological polar surface area (TPSA) is 58.6 Å². The first-order chi connectivity index (χ1) is 5.25. The summed E-state index contributed by atoms with van der Waals surface area (Å²) in [7, 11) is 1.41. The van der Waals surface area contributed by atoms with Crippen molar-refractivity contribution in [1.82, 2.24) is 5.48 Å². The summed E-state index contributed by atoms with van der Waals surface area (Å²) in [5.74, 6) is -0.103. The summed E-state index contributed by atoms with van der Waals surface area (Å²) in [6.07, 6.45) is 2.27. The van der Waals surface area contributed by atoms with Crippen LogP contribution in [-0.4, -0.2) is 24.7 Å². The molecular formula is C7H13NO3. The van der Waals surface area contributed by atoms with E-state index in [9.17, 15) is 4.79 Å². The number of hydrogen-bond acceptors (Lipinski definition) is 3. The van der Waals surface area contributed by atoms with Crippen molar-refractivity contribution in [1.29, 1.82) is 0 Å². The maximum atomic E-state index is 11.2.